The van der Waals surface area contributed by atoms with Crippen molar-refractivity contribution in [2.45, 2.75) is 51.8 Å². The lowest BCUT2D eigenvalue weighted by Crippen LogP contribution is -2.46. The van der Waals surface area contributed by atoms with Gasteiger partial charge in [-0.3, -0.25) is 24.5 Å². The second-order valence-electron chi connectivity index (χ2n) is 6.03. The molecule has 2 N–H and O–H groups in total. The van der Waals surface area contributed by atoms with E-state index in [4.69, 9.17) is 14.7 Å². The van der Waals surface area contributed by atoms with Crippen molar-refractivity contribution in [3.05, 3.63) is 35.9 Å². The van der Waals surface area contributed by atoms with E-state index in [1.165, 1.54) is 12.0 Å². The van der Waals surface area contributed by atoms with Gasteiger partial charge in [0.05, 0.1) is 6.61 Å². The summed E-state index contributed by atoms with van der Waals surface area (Å²) in [5.74, 6) is -1.51. The first kappa shape index (κ1) is 22.6. The van der Waals surface area contributed by atoms with Crippen LogP contribution < -0.4 is 5.32 Å². The minimum absolute atomic E-state index is 0.227. The molecule has 0 radical (unpaired) electrons. The van der Waals surface area contributed by atoms with Crippen molar-refractivity contribution < 1.29 is 29.1 Å². The maximum Gasteiger partial charge on any atom is 0.323 e. The number of hydroxylamine groups is 2. The van der Waals surface area contributed by atoms with Gasteiger partial charge in [-0.2, -0.15) is 0 Å². The van der Waals surface area contributed by atoms with Crippen LogP contribution in [-0.4, -0.2) is 53.8 Å². The van der Waals surface area contributed by atoms with E-state index in [0.717, 1.165) is 5.56 Å². The van der Waals surface area contributed by atoms with E-state index in [0.29, 0.717) is 38.8 Å². The highest BCUT2D eigenvalue weighted by molar-refractivity contribution is 5.78. The zero-order valence-electron chi connectivity index (χ0n) is 15.8. The summed E-state index contributed by atoms with van der Waals surface area (Å²) in [7, 11) is 0. The Bertz CT molecular complexity index is 581. The molecule has 8 heteroatoms. The van der Waals surface area contributed by atoms with Crippen molar-refractivity contribution in [3.63, 3.8) is 0 Å². The van der Waals surface area contributed by atoms with Crippen molar-refractivity contribution >= 4 is 18.3 Å². The van der Waals surface area contributed by atoms with Crippen molar-refractivity contribution in [2.24, 2.45) is 0 Å². The molecule has 150 valence electrons. The fraction of sp³-hybridized carbons (Fsp3) is 0.526. The zero-order valence-corrected chi connectivity index (χ0v) is 15.8. The predicted octanol–water partition coefficient (Wildman–Crippen LogP) is 1.74. The molecular weight excluding hydrogens is 352 g/mol. The van der Waals surface area contributed by atoms with E-state index in [9.17, 15) is 14.4 Å². The normalized spacial score (nSPS) is 12.8. The van der Waals surface area contributed by atoms with Crippen molar-refractivity contribution in [1.29, 1.82) is 0 Å². The number of nitrogens with one attached hydrogen (secondary N) is 1. The molecule has 1 aromatic carbocycles. The highest BCUT2D eigenvalue weighted by Gasteiger charge is 2.24. The van der Waals surface area contributed by atoms with E-state index >= 15 is 0 Å². The molecule has 1 rings (SSSR count). The number of unbranched alkanes of at least 4 members (excludes halogenated alkanes) is 1. The standard InChI is InChI=1S/C19H28N2O6/c1-3-26-19(25)17(20-15(2)18(23)24)11-7-8-12-21(14-22)27-13-16-9-5-4-6-10-16/h4-6,9-10,14-15,17,20H,3,7-8,11-13H2,1-2H3,(H,23,24)/t15-,17?/m0/s1. The summed E-state index contributed by atoms with van der Waals surface area (Å²) in [5, 5.41) is 13.0. The molecular formula is C19H28N2O6. The van der Waals surface area contributed by atoms with E-state index in [-0.39, 0.29) is 6.61 Å². The third-order valence-electron chi connectivity index (χ3n) is 3.87. The maximum absolute atomic E-state index is 12.0. The second kappa shape index (κ2) is 12.8. The molecule has 1 unspecified atom stereocenters. The molecule has 0 heterocycles. The molecule has 0 aliphatic rings. The van der Waals surface area contributed by atoms with Gasteiger partial charge in [-0.15, -0.1) is 0 Å². The zero-order chi connectivity index (χ0) is 20.1. The summed E-state index contributed by atoms with van der Waals surface area (Å²) in [6, 6.07) is 7.94. The fourth-order valence-electron chi connectivity index (χ4n) is 2.38. The summed E-state index contributed by atoms with van der Waals surface area (Å²) < 4.78 is 4.99. The summed E-state index contributed by atoms with van der Waals surface area (Å²) in [6.07, 6.45) is 2.23. The summed E-state index contributed by atoms with van der Waals surface area (Å²) >= 11 is 0. The molecule has 1 aromatic rings. The molecule has 0 aliphatic carbocycles. The molecule has 0 fully saturated rings. The lowest BCUT2D eigenvalue weighted by molar-refractivity contribution is -0.177. The van der Waals surface area contributed by atoms with Gasteiger partial charge in [0, 0.05) is 6.54 Å². The number of hydrogen-bond acceptors (Lipinski definition) is 6. The third-order valence-corrected chi connectivity index (χ3v) is 3.87. The van der Waals surface area contributed by atoms with Gasteiger partial charge in [-0.25, -0.2) is 5.06 Å². The molecule has 8 nitrogen and oxygen atoms in total. The summed E-state index contributed by atoms with van der Waals surface area (Å²) in [6.45, 7) is 4.06. The predicted molar refractivity (Wildman–Crippen MR) is 98.5 cm³/mol. The van der Waals surface area contributed by atoms with E-state index in [2.05, 4.69) is 5.32 Å². The molecule has 0 spiro atoms. The Morgan fingerprint density at radius 3 is 2.56 bits per heavy atom. The van der Waals surface area contributed by atoms with Crippen LogP contribution in [0.15, 0.2) is 30.3 Å². The topological polar surface area (TPSA) is 105 Å². The Balaban J connectivity index is 2.40. The number of nitrogens with zero attached hydrogens (tertiary/aromatic N) is 1. The van der Waals surface area contributed by atoms with Gasteiger partial charge in [-0.05, 0) is 38.7 Å². The van der Waals surface area contributed by atoms with Crippen LogP contribution in [0, 0.1) is 0 Å². The molecule has 0 saturated carbocycles. The number of ether oxygens (including phenoxy) is 1. The minimum atomic E-state index is -1.04. The molecule has 0 aliphatic heterocycles. The van der Waals surface area contributed by atoms with E-state index < -0.39 is 24.0 Å². The van der Waals surface area contributed by atoms with Crippen molar-refractivity contribution in [2.75, 3.05) is 13.2 Å². The van der Waals surface area contributed by atoms with Crippen molar-refractivity contribution in [3.8, 4) is 0 Å². The number of carbonyl (C=O) groups excluding carboxylic acids is 2. The van der Waals surface area contributed by atoms with Crippen LogP contribution in [0.2, 0.25) is 0 Å². The highest BCUT2D eigenvalue weighted by Crippen LogP contribution is 2.07. The molecule has 0 saturated heterocycles. The number of carbonyl (C=O) groups is 3. The molecule has 0 bridgehead atoms. The number of benzene rings is 1. The Morgan fingerprint density at radius 1 is 1.26 bits per heavy atom. The highest BCUT2D eigenvalue weighted by atomic mass is 16.7. The first-order chi connectivity index (χ1) is 13.0. The minimum Gasteiger partial charge on any atom is -0.480 e. The van der Waals surface area contributed by atoms with Gasteiger partial charge in [0.25, 0.3) is 0 Å². The fourth-order valence-corrected chi connectivity index (χ4v) is 2.38. The van der Waals surface area contributed by atoms with Crippen LogP contribution in [0.4, 0.5) is 0 Å². The maximum atomic E-state index is 12.0. The van der Waals surface area contributed by atoms with Gasteiger partial charge in [-0.1, -0.05) is 30.3 Å². The Morgan fingerprint density at radius 2 is 1.96 bits per heavy atom. The average molecular weight is 380 g/mol. The Labute approximate surface area is 159 Å². The number of rotatable bonds is 14. The lowest BCUT2D eigenvalue weighted by atomic mass is 10.1. The third kappa shape index (κ3) is 9.16. The summed E-state index contributed by atoms with van der Waals surface area (Å²) in [4.78, 5) is 39.5. The number of carboxylic acids is 1. The van der Waals surface area contributed by atoms with Crippen LogP contribution in [0.5, 0.6) is 0 Å². The molecule has 0 aromatic heterocycles. The summed E-state index contributed by atoms with van der Waals surface area (Å²) in [5.41, 5.74) is 0.957. The van der Waals surface area contributed by atoms with Crippen LogP contribution >= 0.6 is 0 Å². The van der Waals surface area contributed by atoms with Gasteiger partial charge in [0.15, 0.2) is 0 Å². The smallest absolute Gasteiger partial charge is 0.323 e. The largest absolute Gasteiger partial charge is 0.480 e. The number of hydrogen-bond donors (Lipinski definition) is 2. The van der Waals surface area contributed by atoms with Gasteiger partial charge in [0.1, 0.15) is 18.7 Å². The molecule has 1 amide bonds. The van der Waals surface area contributed by atoms with Gasteiger partial charge < -0.3 is 9.84 Å². The van der Waals surface area contributed by atoms with E-state index in [1.807, 2.05) is 30.3 Å². The van der Waals surface area contributed by atoms with Crippen molar-refractivity contribution in [1.82, 2.24) is 10.4 Å². The lowest BCUT2D eigenvalue weighted by Gasteiger charge is -2.20. The average Bonchev–Trinajstić information content (AvgIpc) is 2.67. The monoisotopic (exact) mass is 380 g/mol. The number of esters is 1. The first-order valence-electron chi connectivity index (χ1n) is 9.02. The second-order valence-corrected chi connectivity index (χ2v) is 6.03. The number of amides is 1. The van der Waals surface area contributed by atoms with Gasteiger partial charge in [0.2, 0.25) is 6.41 Å². The molecule has 2 atom stereocenters. The SMILES string of the molecule is CCOC(=O)C(CCCCN(C=O)OCc1ccccc1)N[C@@H](C)C(=O)O. The quantitative estimate of drug-likeness (QED) is 0.219. The Hall–Kier alpha value is -2.45. The molecule has 27 heavy (non-hydrogen) atoms. The van der Waals surface area contributed by atoms with Crippen LogP contribution in [0.25, 0.3) is 0 Å². The van der Waals surface area contributed by atoms with Crippen LogP contribution in [-0.2, 0) is 30.6 Å². The number of carboxylic acid groups (broad SMARTS) is 1. The Kier molecular flexibility index (Phi) is 10.7. The number of aliphatic carboxylic acids is 1. The van der Waals surface area contributed by atoms with Gasteiger partial charge >= 0.3 is 11.9 Å². The first-order valence-corrected chi connectivity index (χ1v) is 9.02. The van der Waals surface area contributed by atoms with E-state index in [1.54, 1.807) is 6.92 Å². The van der Waals surface area contributed by atoms with Crippen LogP contribution in [0.3, 0.4) is 0 Å². The van der Waals surface area contributed by atoms with Crippen LogP contribution in [0.1, 0.15) is 38.7 Å².